The molecule has 5 nitrogen and oxygen atoms in total. The number of hydrogen-bond donors (Lipinski definition) is 2. The Morgan fingerprint density at radius 1 is 1.21 bits per heavy atom. The Kier molecular flexibility index (Phi) is 4.67. The summed E-state index contributed by atoms with van der Waals surface area (Å²) >= 11 is 1.33. The molecule has 0 bridgehead atoms. The highest BCUT2D eigenvalue weighted by molar-refractivity contribution is 7.17. The van der Waals surface area contributed by atoms with E-state index in [9.17, 15) is 9.90 Å². The molecule has 2 aromatic carbocycles. The van der Waals surface area contributed by atoms with E-state index in [1.54, 1.807) is 31.2 Å². The molecule has 1 aromatic heterocycles. The van der Waals surface area contributed by atoms with E-state index in [-0.39, 0.29) is 11.7 Å². The van der Waals surface area contributed by atoms with Gasteiger partial charge in [-0.05, 0) is 24.6 Å². The number of phenols is 1. The molecule has 0 aliphatic rings. The van der Waals surface area contributed by atoms with Crippen molar-refractivity contribution in [3.05, 3.63) is 70.7 Å². The van der Waals surface area contributed by atoms with Gasteiger partial charge in [-0.2, -0.15) is 5.10 Å². The highest BCUT2D eigenvalue weighted by atomic mass is 32.1. The van der Waals surface area contributed by atoms with Crippen LogP contribution in [0.3, 0.4) is 0 Å². The van der Waals surface area contributed by atoms with E-state index < -0.39 is 0 Å². The molecule has 6 heteroatoms. The largest absolute Gasteiger partial charge is 0.508 e. The number of aryl methyl sites for hydroxylation is 1. The predicted molar refractivity (Wildman–Crippen MR) is 95.5 cm³/mol. The molecular weight excluding hydrogens is 322 g/mol. The van der Waals surface area contributed by atoms with Crippen LogP contribution >= 0.6 is 11.3 Å². The molecule has 0 unspecified atom stereocenters. The van der Waals surface area contributed by atoms with Gasteiger partial charge in [0.15, 0.2) is 0 Å². The molecule has 0 fully saturated rings. The van der Waals surface area contributed by atoms with Crippen molar-refractivity contribution in [3.8, 4) is 16.3 Å². The SMILES string of the molecule is Cc1nc(-c2ccccc2)sc1C(=O)N/N=C/c1cccc(O)c1. The maximum atomic E-state index is 12.3. The van der Waals surface area contributed by atoms with Crippen molar-refractivity contribution in [1.29, 1.82) is 0 Å². The average molecular weight is 337 g/mol. The second kappa shape index (κ2) is 7.06. The highest BCUT2D eigenvalue weighted by Crippen LogP contribution is 2.27. The first-order valence-electron chi connectivity index (χ1n) is 7.29. The number of carbonyl (C=O) groups is 1. The Morgan fingerprint density at radius 3 is 2.75 bits per heavy atom. The topological polar surface area (TPSA) is 74.6 Å². The van der Waals surface area contributed by atoms with Crippen LogP contribution < -0.4 is 5.43 Å². The molecule has 3 rings (SSSR count). The highest BCUT2D eigenvalue weighted by Gasteiger charge is 2.15. The number of aromatic hydroxyl groups is 1. The summed E-state index contributed by atoms with van der Waals surface area (Å²) in [5.74, 6) is -0.153. The smallest absolute Gasteiger partial charge is 0.283 e. The Balaban J connectivity index is 1.73. The summed E-state index contributed by atoms with van der Waals surface area (Å²) in [7, 11) is 0. The molecular formula is C18H15N3O2S. The number of benzene rings is 2. The summed E-state index contributed by atoms with van der Waals surface area (Å²) in [5, 5.41) is 14.1. The number of phenolic OH excluding ortho intramolecular Hbond substituents is 1. The molecule has 0 spiro atoms. The van der Waals surface area contributed by atoms with Crippen molar-refractivity contribution in [2.75, 3.05) is 0 Å². The van der Waals surface area contributed by atoms with Gasteiger partial charge in [0.25, 0.3) is 5.91 Å². The van der Waals surface area contributed by atoms with E-state index in [1.807, 2.05) is 30.3 Å². The minimum Gasteiger partial charge on any atom is -0.508 e. The molecule has 0 aliphatic heterocycles. The first kappa shape index (κ1) is 15.9. The second-order valence-electron chi connectivity index (χ2n) is 5.09. The fraction of sp³-hybridized carbons (Fsp3) is 0.0556. The van der Waals surface area contributed by atoms with Crippen molar-refractivity contribution >= 4 is 23.5 Å². The summed E-state index contributed by atoms with van der Waals surface area (Å²) in [5.41, 5.74) is 4.84. The number of aromatic nitrogens is 1. The van der Waals surface area contributed by atoms with Crippen LogP contribution in [0.5, 0.6) is 5.75 Å². The molecule has 0 radical (unpaired) electrons. The van der Waals surface area contributed by atoms with Gasteiger partial charge < -0.3 is 5.11 Å². The minimum atomic E-state index is -0.302. The number of hydrazone groups is 1. The van der Waals surface area contributed by atoms with Crippen molar-refractivity contribution in [2.45, 2.75) is 6.92 Å². The van der Waals surface area contributed by atoms with Crippen LogP contribution in [0, 0.1) is 6.92 Å². The van der Waals surface area contributed by atoms with Gasteiger partial charge in [-0.25, -0.2) is 10.4 Å². The average Bonchev–Trinajstić information content (AvgIpc) is 2.98. The molecule has 0 aliphatic carbocycles. The summed E-state index contributed by atoms with van der Waals surface area (Å²) in [6.07, 6.45) is 1.48. The van der Waals surface area contributed by atoms with Crippen molar-refractivity contribution in [3.63, 3.8) is 0 Å². The molecule has 0 saturated heterocycles. The molecule has 1 amide bonds. The third kappa shape index (κ3) is 3.67. The van der Waals surface area contributed by atoms with Crippen LogP contribution in [0.25, 0.3) is 10.6 Å². The Bertz CT molecular complexity index is 888. The third-order valence-corrected chi connectivity index (χ3v) is 4.48. The molecule has 0 saturated carbocycles. The third-order valence-electron chi connectivity index (χ3n) is 3.27. The van der Waals surface area contributed by atoms with Gasteiger partial charge in [0.1, 0.15) is 15.6 Å². The molecule has 0 atom stereocenters. The quantitative estimate of drug-likeness (QED) is 0.564. The van der Waals surface area contributed by atoms with Crippen LogP contribution in [0.4, 0.5) is 0 Å². The summed E-state index contributed by atoms with van der Waals surface area (Å²) in [6, 6.07) is 16.3. The van der Waals surface area contributed by atoms with Gasteiger partial charge in [0.2, 0.25) is 0 Å². The van der Waals surface area contributed by atoms with Gasteiger partial charge in [-0.3, -0.25) is 4.79 Å². The second-order valence-corrected chi connectivity index (χ2v) is 6.09. The van der Waals surface area contributed by atoms with Crippen LogP contribution in [0.2, 0.25) is 0 Å². The zero-order valence-electron chi connectivity index (χ0n) is 12.9. The zero-order chi connectivity index (χ0) is 16.9. The van der Waals surface area contributed by atoms with E-state index in [0.29, 0.717) is 16.1 Å². The Hall–Kier alpha value is -2.99. The van der Waals surface area contributed by atoms with Crippen LogP contribution in [0.1, 0.15) is 20.9 Å². The first-order chi connectivity index (χ1) is 11.6. The molecule has 2 N–H and O–H groups in total. The van der Waals surface area contributed by atoms with Crippen molar-refractivity contribution in [2.24, 2.45) is 5.10 Å². The summed E-state index contributed by atoms with van der Waals surface area (Å²) in [4.78, 5) is 17.2. The maximum absolute atomic E-state index is 12.3. The molecule has 1 heterocycles. The lowest BCUT2D eigenvalue weighted by Crippen LogP contribution is -2.17. The van der Waals surface area contributed by atoms with E-state index in [1.165, 1.54) is 17.6 Å². The van der Waals surface area contributed by atoms with Crippen LogP contribution in [0.15, 0.2) is 59.7 Å². The fourth-order valence-electron chi connectivity index (χ4n) is 2.13. The minimum absolute atomic E-state index is 0.149. The van der Waals surface area contributed by atoms with Gasteiger partial charge in [-0.1, -0.05) is 42.5 Å². The fourth-order valence-corrected chi connectivity index (χ4v) is 3.09. The molecule has 120 valence electrons. The van der Waals surface area contributed by atoms with E-state index in [4.69, 9.17) is 0 Å². The van der Waals surface area contributed by atoms with Gasteiger partial charge >= 0.3 is 0 Å². The monoisotopic (exact) mass is 337 g/mol. The molecule has 24 heavy (non-hydrogen) atoms. The number of amides is 1. The standard InChI is InChI=1S/C18H15N3O2S/c1-12-16(24-18(20-12)14-7-3-2-4-8-14)17(23)21-19-11-13-6-5-9-15(22)10-13/h2-11,22H,1H3,(H,21,23)/b19-11+. The number of hydrogen-bond acceptors (Lipinski definition) is 5. The van der Waals surface area contributed by atoms with Gasteiger partial charge in [-0.15, -0.1) is 11.3 Å². The Labute approximate surface area is 143 Å². The van der Waals surface area contributed by atoms with E-state index >= 15 is 0 Å². The predicted octanol–water partition coefficient (Wildman–Crippen LogP) is 3.59. The van der Waals surface area contributed by atoms with Gasteiger partial charge in [0, 0.05) is 5.56 Å². The van der Waals surface area contributed by atoms with Crippen molar-refractivity contribution < 1.29 is 9.90 Å². The zero-order valence-corrected chi connectivity index (χ0v) is 13.7. The molecule has 3 aromatic rings. The van der Waals surface area contributed by atoms with Crippen molar-refractivity contribution in [1.82, 2.24) is 10.4 Å². The summed E-state index contributed by atoms with van der Waals surface area (Å²) < 4.78 is 0. The first-order valence-corrected chi connectivity index (χ1v) is 8.10. The number of nitrogens with one attached hydrogen (secondary N) is 1. The van der Waals surface area contributed by atoms with E-state index in [2.05, 4.69) is 15.5 Å². The van der Waals surface area contributed by atoms with Crippen LogP contribution in [-0.2, 0) is 0 Å². The van der Waals surface area contributed by atoms with Crippen LogP contribution in [-0.4, -0.2) is 22.2 Å². The maximum Gasteiger partial charge on any atom is 0.283 e. The number of nitrogens with zero attached hydrogens (tertiary/aromatic N) is 2. The van der Waals surface area contributed by atoms with Gasteiger partial charge in [0.05, 0.1) is 11.9 Å². The van der Waals surface area contributed by atoms with E-state index in [0.717, 1.165) is 10.6 Å². The normalized spacial score (nSPS) is 10.9. The lowest BCUT2D eigenvalue weighted by molar-refractivity contribution is 0.0958. The number of carbonyl (C=O) groups excluding carboxylic acids is 1. The number of thiazole rings is 1. The summed E-state index contributed by atoms with van der Waals surface area (Å²) in [6.45, 7) is 1.80. The number of rotatable bonds is 4. The lowest BCUT2D eigenvalue weighted by Gasteiger charge is -1.97. The lowest BCUT2D eigenvalue weighted by atomic mass is 10.2. The Morgan fingerprint density at radius 2 is 2.00 bits per heavy atom.